The maximum Gasteiger partial charge on any atom is 0.125 e. The van der Waals surface area contributed by atoms with Crippen LogP contribution in [0.1, 0.15) is 40.3 Å². The smallest absolute Gasteiger partial charge is 0.125 e. The topological polar surface area (TPSA) is 80.9 Å². The first-order valence-corrected chi connectivity index (χ1v) is 7.30. The van der Waals surface area contributed by atoms with Gasteiger partial charge in [0.25, 0.3) is 0 Å². The number of phenolic OH excluding ortho intramolecular Hbond substituents is 3. The van der Waals surface area contributed by atoms with Crippen LogP contribution in [0.25, 0.3) is 0 Å². The largest absolute Gasteiger partial charge is 0.508 e. The average molecular weight is 302 g/mol. The number of rotatable bonds is 4. The van der Waals surface area contributed by atoms with Crippen molar-refractivity contribution >= 4 is 0 Å². The molecular formula is C18H22O4. The Morgan fingerprint density at radius 3 is 1.95 bits per heavy atom. The molecule has 4 nitrogen and oxygen atoms in total. The predicted octanol–water partition coefficient (Wildman–Crippen LogP) is 3.39. The van der Waals surface area contributed by atoms with Crippen molar-refractivity contribution in [2.45, 2.75) is 39.7 Å². The van der Waals surface area contributed by atoms with Crippen LogP contribution >= 0.6 is 0 Å². The highest BCUT2D eigenvalue weighted by Crippen LogP contribution is 2.40. The fourth-order valence-electron chi connectivity index (χ4n) is 2.66. The molecule has 2 rings (SSSR count). The Morgan fingerprint density at radius 2 is 1.36 bits per heavy atom. The van der Waals surface area contributed by atoms with Crippen LogP contribution in [0.2, 0.25) is 0 Å². The third kappa shape index (κ3) is 3.02. The number of hydrogen-bond donors (Lipinski definition) is 4. The van der Waals surface area contributed by atoms with Gasteiger partial charge >= 0.3 is 0 Å². The van der Waals surface area contributed by atoms with Gasteiger partial charge in [0.1, 0.15) is 17.2 Å². The number of aliphatic hydroxyl groups is 1. The van der Waals surface area contributed by atoms with Crippen LogP contribution in [-0.2, 0) is 6.42 Å². The lowest BCUT2D eigenvalue weighted by atomic mass is 9.91. The summed E-state index contributed by atoms with van der Waals surface area (Å²) < 4.78 is 0. The minimum Gasteiger partial charge on any atom is -0.508 e. The highest BCUT2D eigenvalue weighted by molar-refractivity contribution is 5.57. The van der Waals surface area contributed by atoms with Gasteiger partial charge in [-0.2, -0.15) is 0 Å². The van der Waals surface area contributed by atoms with Crippen molar-refractivity contribution in [1.82, 2.24) is 0 Å². The van der Waals surface area contributed by atoms with Crippen LogP contribution in [0.5, 0.6) is 17.2 Å². The van der Waals surface area contributed by atoms with Gasteiger partial charge in [0.05, 0.1) is 6.10 Å². The first-order chi connectivity index (χ1) is 10.3. The van der Waals surface area contributed by atoms with Gasteiger partial charge in [0.2, 0.25) is 0 Å². The van der Waals surface area contributed by atoms with E-state index in [9.17, 15) is 20.4 Å². The van der Waals surface area contributed by atoms with Gasteiger partial charge in [-0.3, -0.25) is 0 Å². The van der Waals surface area contributed by atoms with Crippen molar-refractivity contribution in [3.63, 3.8) is 0 Å². The zero-order valence-corrected chi connectivity index (χ0v) is 13.1. The molecule has 118 valence electrons. The zero-order chi connectivity index (χ0) is 16.4. The molecule has 0 radical (unpaired) electrons. The SMILES string of the molecule is Cc1c(C)c(O)c(C(O)CCc2ccc(O)cc2)c(C)c1O. The number of aliphatic hydroxyl groups excluding tert-OH is 1. The number of aromatic hydroxyl groups is 3. The van der Waals surface area contributed by atoms with Crippen molar-refractivity contribution < 1.29 is 20.4 Å². The van der Waals surface area contributed by atoms with Gasteiger partial charge in [0.15, 0.2) is 0 Å². The summed E-state index contributed by atoms with van der Waals surface area (Å²) in [5.41, 5.74) is 3.10. The number of aryl methyl sites for hydroxylation is 1. The molecule has 0 bridgehead atoms. The Bertz CT molecular complexity index is 645. The molecule has 0 aliphatic rings. The second-order valence-corrected chi connectivity index (χ2v) is 5.71. The molecule has 1 atom stereocenters. The van der Waals surface area contributed by atoms with Crippen molar-refractivity contribution in [1.29, 1.82) is 0 Å². The Balaban J connectivity index is 2.23. The molecule has 0 spiro atoms. The quantitative estimate of drug-likeness (QED) is 0.653. The highest BCUT2D eigenvalue weighted by atomic mass is 16.3. The lowest BCUT2D eigenvalue weighted by Crippen LogP contribution is -2.05. The lowest BCUT2D eigenvalue weighted by molar-refractivity contribution is 0.162. The minimum absolute atomic E-state index is 0.0472. The Labute approximate surface area is 130 Å². The maximum atomic E-state index is 10.4. The molecule has 0 amide bonds. The summed E-state index contributed by atoms with van der Waals surface area (Å²) in [6, 6.07) is 6.80. The van der Waals surface area contributed by atoms with E-state index in [2.05, 4.69) is 0 Å². The third-order valence-electron chi connectivity index (χ3n) is 4.26. The Morgan fingerprint density at radius 1 is 0.818 bits per heavy atom. The van der Waals surface area contributed by atoms with Crippen molar-refractivity contribution in [3.05, 3.63) is 52.1 Å². The Kier molecular flexibility index (Phi) is 4.62. The van der Waals surface area contributed by atoms with Crippen LogP contribution in [-0.4, -0.2) is 20.4 Å². The van der Waals surface area contributed by atoms with E-state index in [1.165, 1.54) is 0 Å². The molecule has 2 aromatic carbocycles. The number of benzene rings is 2. The summed E-state index contributed by atoms with van der Waals surface area (Å²) >= 11 is 0. The van der Waals surface area contributed by atoms with Crippen LogP contribution in [0.15, 0.2) is 24.3 Å². The van der Waals surface area contributed by atoms with E-state index in [4.69, 9.17) is 0 Å². The molecule has 1 unspecified atom stereocenters. The molecule has 0 saturated carbocycles. The summed E-state index contributed by atoms with van der Waals surface area (Å²) in [5.74, 6) is 0.372. The van der Waals surface area contributed by atoms with Gasteiger partial charge in [-0.1, -0.05) is 12.1 Å². The van der Waals surface area contributed by atoms with Gasteiger partial charge in [0, 0.05) is 11.1 Å². The molecule has 0 fully saturated rings. The van der Waals surface area contributed by atoms with Crippen LogP contribution < -0.4 is 0 Å². The first-order valence-electron chi connectivity index (χ1n) is 7.30. The summed E-state index contributed by atoms with van der Waals surface area (Å²) in [7, 11) is 0. The minimum atomic E-state index is -0.862. The first kappa shape index (κ1) is 16.2. The van der Waals surface area contributed by atoms with Crippen molar-refractivity contribution in [2.24, 2.45) is 0 Å². The van der Waals surface area contributed by atoms with Crippen LogP contribution in [0.4, 0.5) is 0 Å². The molecule has 0 aliphatic carbocycles. The molecule has 0 saturated heterocycles. The summed E-state index contributed by atoms with van der Waals surface area (Å²) in [6.45, 7) is 5.16. The molecule has 4 N–H and O–H groups in total. The fraction of sp³-hybridized carbons (Fsp3) is 0.333. The summed E-state index contributed by atoms with van der Waals surface area (Å²) in [6.07, 6.45) is 0.161. The molecule has 4 heteroatoms. The summed E-state index contributed by atoms with van der Waals surface area (Å²) in [5, 5.41) is 40.1. The lowest BCUT2D eigenvalue weighted by Gasteiger charge is -2.20. The van der Waals surface area contributed by atoms with E-state index >= 15 is 0 Å². The second-order valence-electron chi connectivity index (χ2n) is 5.71. The molecule has 0 heterocycles. The molecule has 22 heavy (non-hydrogen) atoms. The normalized spacial score (nSPS) is 12.4. The van der Waals surface area contributed by atoms with Crippen LogP contribution in [0.3, 0.4) is 0 Å². The van der Waals surface area contributed by atoms with E-state index in [0.717, 1.165) is 5.56 Å². The summed E-state index contributed by atoms with van der Waals surface area (Å²) in [4.78, 5) is 0. The maximum absolute atomic E-state index is 10.4. The standard InChI is InChI=1S/C18H22O4/c1-10-11(2)18(22)16(12(3)17(10)21)15(20)9-6-13-4-7-14(19)8-5-13/h4-5,7-8,15,19-22H,6,9H2,1-3H3. The zero-order valence-electron chi connectivity index (χ0n) is 13.1. The molecule has 0 aromatic heterocycles. The molecule has 0 aliphatic heterocycles. The van der Waals surface area contributed by atoms with Gasteiger partial charge in [-0.05, 0) is 62.4 Å². The van der Waals surface area contributed by atoms with E-state index in [1.54, 1.807) is 45.0 Å². The average Bonchev–Trinajstić information content (AvgIpc) is 2.50. The number of phenols is 3. The predicted molar refractivity (Wildman–Crippen MR) is 85.4 cm³/mol. The van der Waals surface area contributed by atoms with Gasteiger partial charge < -0.3 is 20.4 Å². The second kappa shape index (κ2) is 6.28. The number of hydrogen-bond acceptors (Lipinski definition) is 4. The van der Waals surface area contributed by atoms with Crippen molar-refractivity contribution in [3.8, 4) is 17.2 Å². The van der Waals surface area contributed by atoms with Gasteiger partial charge in [-0.15, -0.1) is 0 Å². The van der Waals surface area contributed by atoms with Crippen LogP contribution in [0, 0.1) is 20.8 Å². The monoisotopic (exact) mass is 302 g/mol. The molecular weight excluding hydrogens is 280 g/mol. The third-order valence-corrected chi connectivity index (χ3v) is 4.26. The Hall–Kier alpha value is -2.20. The van der Waals surface area contributed by atoms with E-state index in [-0.39, 0.29) is 17.2 Å². The molecule has 2 aromatic rings. The van der Waals surface area contributed by atoms with Gasteiger partial charge in [-0.25, -0.2) is 0 Å². The highest BCUT2D eigenvalue weighted by Gasteiger charge is 2.21. The van der Waals surface area contributed by atoms with E-state index in [0.29, 0.717) is 35.1 Å². The van der Waals surface area contributed by atoms with E-state index < -0.39 is 6.10 Å². The van der Waals surface area contributed by atoms with E-state index in [1.807, 2.05) is 0 Å². The fourth-order valence-corrected chi connectivity index (χ4v) is 2.66. The van der Waals surface area contributed by atoms with Crippen molar-refractivity contribution in [2.75, 3.05) is 0 Å².